The predicted molar refractivity (Wildman–Crippen MR) is 82.5 cm³/mol. The van der Waals surface area contributed by atoms with Gasteiger partial charge in [-0.1, -0.05) is 12.1 Å². The lowest BCUT2D eigenvalue weighted by Gasteiger charge is -2.16. The summed E-state index contributed by atoms with van der Waals surface area (Å²) in [4.78, 5) is 16.1. The van der Waals surface area contributed by atoms with E-state index in [0.717, 1.165) is 11.1 Å². The summed E-state index contributed by atoms with van der Waals surface area (Å²) in [5, 5.41) is 5.68. The van der Waals surface area contributed by atoms with Crippen molar-refractivity contribution in [1.29, 1.82) is 0 Å². The maximum Gasteiger partial charge on any atom is 0.319 e. The smallest absolute Gasteiger partial charge is 0.319 e. The average Bonchev–Trinajstić information content (AvgIpc) is 2.48. The number of carbonyl (C=O) groups excluding carboxylic acids is 1. The third-order valence-corrected chi connectivity index (χ3v) is 3.14. The Morgan fingerprint density at radius 2 is 2.14 bits per heavy atom. The Hall–Kier alpha value is -2.56. The van der Waals surface area contributed by atoms with Crippen molar-refractivity contribution in [2.75, 3.05) is 12.4 Å². The van der Waals surface area contributed by atoms with E-state index in [0.29, 0.717) is 11.4 Å². The molecule has 0 saturated heterocycles. The van der Waals surface area contributed by atoms with Crippen LogP contribution in [0.15, 0.2) is 42.7 Å². The standard InChI is InChI=1S/C16H19N3O2/c1-11-6-7-15(21-3)14(9-11)19-16(20)18-12(2)13-5-4-8-17-10-13/h4-10,12H,1-3H3,(H2,18,19,20)/t12-/m0/s1. The number of carbonyl (C=O) groups is 1. The number of nitrogens with one attached hydrogen (secondary N) is 2. The van der Waals surface area contributed by atoms with Crippen LogP contribution in [0.5, 0.6) is 5.75 Å². The lowest BCUT2D eigenvalue weighted by molar-refractivity contribution is 0.249. The van der Waals surface area contributed by atoms with Crippen LogP contribution in [0, 0.1) is 6.92 Å². The third-order valence-electron chi connectivity index (χ3n) is 3.14. The minimum absolute atomic E-state index is 0.130. The van der Waals surface area contributed by atoms with Crippen LogP contribution in [0.25, 0.3) is 0 Å². The number of amides is 2. The van der Waals surface area contributed by atoms with Gasteiger partial charge in [-0.25, -0.2) is 4.79 Å². The van der Waals surface area contributed by atoms with Gasteiger partial charge in [0.15, 0.2) is 0 Å². The van der Waals surface area contributed by atoms with E-state index in [1.54, 1.807) is 19.5 Å². The lowest BCUT2D eigenvalue weighted by atomic mass is 10.1. The van der Waals surface area contributed by atoms with Gasteiger partial charge in [-0.3, -0.25) is 4.98 Å². The minimum atomic E-state index is -0.282. The molecule has 0 aliphatic carbocycles. The molecule has 0 unspecified atom stereocenters. The highest BCUT2D eigenvalue weighted by molar-refractivity contribution is 5.91. The summed E-state index contributed by atoms with van der Waals surface area (Å²) < 4.78 is 5.24. The molecule has 5 nitrogen and oxygen atoms in total. The van der Waals surface area contributed by atoms with E-state index in [1.165, 1.54) is 0 Å². The molecule has 0 aliphatic heterocycles. The highest BCUT2D eigenvalue weighted by Crippen LogP contribution is 2.25. The molecule has 1 aromatic carbocycles. The van der Waals surface area contributed by atoms with Crippen molar-refractivity contribution in [3.8, 4) is 5.75 Å². The number of urea groups is 1. The van der Waals surface area contributed by atoms with Crippen LogP contribution in [-0.4, -0.2) is 18.1 Å². The fourth-order valence-electron chi connectivity index (χ4n) is 1.99. The van der Waals surface area contributed by atoms with E-state index in [-0.39, 0.29) is 12.1 Å². The van der Waals surface area contributed by atoms with Crippen molar-refractivity contribution in [2.24, 2.45) is 0 Å². The highest BCUT2D eigenvalue weighted by atomic mass is 16.5. The fourth-order valence-corrected chi connectivity index (χ4v) is 1.99. The first-order valence-corrected chi connectivity index (χ1v) is 6.72. The molecule has 2 amide bonds. The van der Waals surface area contributed by atoms with E-state index >= 15 is 0 Å². The largest absolute Gasteiger partial charge is 0.495 e. The van der Waals surface area contributed by atoms with E-state index in [1.807, 2.05) is 44.2 Å². The highest BCUT2D eigenvalue weighted by Gasteiger charge is 2.11. The molecule has 2 rings (SSSR count). The molecule has 21 heavy (non-hydrogen) atoms. The van der Waals surface area contributed by atoms with Gasteiger partial charge in [0.2, 0.25) is 0 Å². The van der Waals surface area contributed by atoms with Crippen LogP contribution in [0.4, 0.5) is 10.5 Å². The molecular formula is C16H19N3O2. The monoisotopic (exact) mass is 285 g/mol. The quantitative estimate of drug-likeness (QED) is 0.906. The van der Waals surface area contributed by atoms with Crippen LogP contribution in [0.3, 0.4) is 0 Å². The zero-order valence-electron chi connectivity index (χ0n) is 12.4. The lowest BCUT2D eigenvalue weighted by Crippen LogP contribution is -2.31. The Balaban J connectivity index is 2.04. The van der Waals surface area contributed by atoms with Crippen LogP contribution in [0.1, 0.15) is 24.1 Å². The van der Waals surface area contributed by atoms with E-state index < -0.39 is 0 Å². The Kier molecular flexibility index (Phi) is 4.77. The molecule has 0 bridgehead atoms. The molecule has 110 valence electrons. The SMILES string of the molecule is COc1ccc(C)cc1NC(=O)N[C@@H](C)c1cccnc1. The van der Waals surface area contributed by atoms with Crippen molar-refractivity contribution in [3.05, 3.63) is 53.9 Å². The van der Waals surface area contributed by atoms with Crippen molar-refractivity contribution < 1.29 is 9.53 Å². The first kappa shape index (κ1) is 14.8. The number of aryl methyl sites for hydroxylation is 1. The van der Waals surface area contributed by atoms with Crippen molar-refractivity contribution >= 4 is 11.7 Å². The second kappa shape index (κ2) is 6.74. The summed E-state index contributed by atoms with van der Waals surface area (Å²) in [6, 6.07) is 8.98. The molecule has 0 aliphatic rings. The zero-order chi connectivity index (χ0) is 15.2. The normalized spacial score (nSPS) is 11.6. The molecule has 2 aromatic rings. The third kappa shape index (κ3) is 3.95. The number of aromatic nitrogens is 1. The van der Waals surface area contributed by atoms with Gasteiger partial charge in [0, 0.05) is 12.4 Å². The van der Waals surface area contributed by atoms with E-state index in [9.17, 15) is 4.79 Å². The second-order valence-electron chi connectivity index (χ2n) is 4.81. The maximum atomic E-state index is 12.1. The number of anilines is 1. The first-order chi connectivity index (χ1) is 10.1. The predicted octanol–water partition coefficient (Wildman–Crippen LogP) is 3.28. The average molecular weight is 285 g/mol. The minimum Gasteiger partial charge on any atom is -0.495 e. The number of hydrogen-bond donors (Lipinski definition) is 2. The molecular weight excluding hydrogens is 266 g/mol. The molecule has 1 atom stereocenters. The van der Waals surface area contributed by atoms with Crippen molar-refractivity contribution in [3.63, 3.8) is 0 Å². The Bertz CT molecular complexity index is 614. The van der Waals surface area contributed by atoms with Crippen LogP contribution < -0.4 is 15.4 Å². The van der Waals surface area contributed by atoms with Crippen LogP contribution >= 0.6 is 0 Å². The number of ether oxygens (including phenoxy) is 1. The molecule has 2 N–H and O–H groups in total. The summed E-state index contributed by atoms with van der Waals surface area (Å²) in [5.74, 6) is 0.629. The number of methoxy groups -OCH3 is 1. The van der Waals surface area contributed by atoms with Gasteiger partial charge in [-0.05, 0) is 43.2 Å². The summed E-state index contributed by atoms with van der Waals surface area (Å²) in [6.07, 6.45) is 3.44. The fraction of sp³-hybridized carbons (Fsp3) is 0.250. The molecule has 0 radical (unpaired) electrons. The molecule has 0 fully saturated rings. The van der Waals surface area contributed by atoms with Gasteiger partial charge in [0.25, 0.3) is 0 Å². The molecule has 0 spiro atoms. The van der Waals surface area contributed by atoms with Gasteiger partial charge in [-0.2, -0.15) is 0 Å². The zero-order valence-corrected chi connectivity index (χ0v) is 12.4. The van der Waals surface area contributed by atoms with Crippen LogP contribution in [0.2, 0.25) is 0 Å². The number of benzene rings is 1. The van der Waals surface area contributed by atoms with E-state index in [4.69, 9.17) is 4.74 Å². The number of nitrogens with zero attached hydrogens (tertiary/aromatic N) is 1. The summed E-state index contributed by atoms with van der Waals surface area (Å²) >= 11 is 0. The van der Waals surface area contributed by atoms with Crippen LogP contribution in [-0.2, 0) is 0 Å². The molecule has 5 heteroatoms. The van der Waals surface area contributed by atoms with Crippen molar-refractivity contribution in [1.82, 2.24) is 10.3 Å². The van der Waals surface area contributed by atoms with Gasteiger partial charge < -0.3 is 15.4 Å². The van der Waals surface area contributed by atoms with Crippen molar-refractivity contribution in [2.45, 2.75) is 19.9 Å². The molecule has 0 saturated carbocycles. The second-order valence-corrected chi connectivity index (χ2v) is 4.81. The first-order valence-electron chi connectivity index (χ1n) is 6.72. The number of rotatable bonds is 4. The topological polar surface area (TPSA) is 63.2 Å². The van der Waals surface area contributed by atoms with Gasteiger partial charge >= 0.3 is 6.03 Å². The summed E-state index contributed by atoms with van der Waals surface area (Å²) in [6.45, 7) is 3.87. The molecule has 1 heterocycles. The van der Waals surface area contributed by atoms with Gasteiger partial charge in [0.05, 0.1) is 18.8 Å². The Morgan fingerprint density at radius 3 is 2.81 bits per heavy atom. The number of pyridine rings is 1. The molecule has 1 aromatic heterocycles. The summed E-state index contributed by atoms with van der Waals surface area (Å²) in [5.41, 5.74) is 2.64. The van der Waals surface area contributed by atoms with E-state index in [2.05, 4.69) is 15.6 Å². The van der Waals surface area contributed by atoms with Gasteiger partial charge in [0.1, 0.15) is 5.75 Å². The number of hydrogen-bond acceptors (Lipinski definition) is 3. The maximum absolute atomic E-state index is 12.1. The Morgan fingerprint density at radius 1 is 1.33 bits per heavy atom. The Labute approximate surface area is 124 Å². The van der Waals surface area contributed by atoms with Gasteiger partial charge in [-0.15, -0.1) is 0 Å². The summed E-state index contributed by atoms with van der Waals surface area (Å²) in [7, 11) is 1.58.